The van der Waals surface area contributed by atoms with Gasteiger partial charge in [0, 0.05) is 5.41 Å². The Hall–Kier alpha value is -1.82. The van der Waals surface area contributed by atoms with Crippen molar-refractivity contribution in [1.29, 1.82) is 0 Å². The number of hydrogen-bond donors (Lipinski definition) is 1. The lowest BCUT2D eigenvalue weighted by Gasteiger charge is -2.21. The monoisotopic (exact) mass is 360 g/mol. The van der Waals surface area contributed by atoms with E-state index in [-0.39, 0.29) is 5.41 Å². The van der Waals surface area contributed by atoms with Gasteiger partial charge in [-0.3, -0.25) is 0 Å². The Bertz CT molecular complexity index is 1100. The number of rotatable bonds is 0. The van der Waals surface area contributed by atoms with Gasteiger partial charge in [0.25, 0.3) is 0 Å². The normalized spacial score (nSPS) is 13.9. The Balaban J connectivity index is 0.000000758. The number of hydrogen-bond acceptors (Lipinski definition) is 1. The summed E-state index contributed by atoms with van der Waals surface area (Å²) in [5.74, 6) is 0. The highest BCUT2D eigenvalue weighted by Gasteiger charge is 2.35. The number of fused-ring (bicyclic) bond motifs is 6. The molecule has 0 bridgehead atoms. The molecule has 0 nitrogen and oxygen atoms in total. The summed E-state index contributed by atoms with van der Waals surface area (Å²) in [4.78, 5) is 0. The molecule has 0 fully saturated rings. The van der Waals surface area contributed by atoms with Crippen LogP contribution in [0.1, 0.15) is 25.0 Å². The quantitative estimate of drug-likeness (QED) is 0.195. The van der Waals surface area contributed by atoms with E-state index in [9.17, 15) is 0 Å². The lowest BCUT2D eigenvalue weighted by atomic mass is 9.82. The first-order valence-corrected chi connectivity index (χ1v) is 10.5. The lowest BCUT2D eigenvalue weighted by Crippen LogP contribution is -2.14. The van der Waals surface area contributed by atoms with E-state index in [0.717, 1.165) is 0 Å². The maximum absolute atomic E-state index is 3.44. The molecule has 124 valence electrons. The predicted molar refractivity (Wildman–Crippen MR) is 118 cm³/mol. The van der Waals surface area contributed by atoms with Gasteiger partial charge in [-0.1, -0.05) is 83.0 Å². The SMILES string of the molecule is CC1(C)c2ccccc2-c2c1ccc1cc3ccccc3cc21.PS. The summed E-state index contributed by atoms with van der Waals surface area (Å²) in [7, 11) is 2.11. The van der Waals surface area contributed by atoms with Crippen LogP contribution in [0.4, 0.5) is 0 Å². The molecule has 1 unspecified atom stereocenters. The Morgan fingerprint density at radius 2 is 1.32 bits per heavy atom. The van der Waals surface area contributed by atoms with E-state index < -0.39 is 0 Å². The molecule has 0 N–H and O–H groups in total. The molecule has 4 aromatic rings. The van der Waals surface area contributed by atoms with Crippen molar-refractivity contribution in [2.24, 2.45) is 0 Å². The van der Waals surface area contributed by atoms with E-state index in [1.54, 1.807) is 0 Å². The molecule has 4 aromatic carbocycles. The van der Waals surface area contributed by atoms with Crippen molar-refractivity contribution < 1.29 is 0 Å². The molecule has 0 saturated carbocycles. The molecule has 0 aromatic heterocycles. The summed E-state index contributed by atoms with van der Waals surface area (Å²) in [6.07, 6.45) is 0. The molecule has 0 spiro atoms. The minimum Gasteiger partial charge on any atom is -0.158 e. The Morgan fingerprint density at radius 1 is 0.680 bits per heavy atom. The van der Waals surface area contributed by atoms with Crippen molar-refractivity contribution in [1.82, 2.24) is 0 Å². The summed E-state index contributed by atoms with van der Waals surface area (Å²) in [5, 5.41) is 5.33. The smallest absolute Gasteiger partial charge is 0.0159 e. The Morgan fingerprint density at radius 3 is 2.08 bits per heavy atom. The van der Waals surface area contributed by atoms with Crippen LogP contribution < -0.4 is 0 Å². The molecule has 1 aliphatic carbocycles. The van der Waals surface area contributed by atoms with Gasteiger partial charge in [-0.2, -0.15) is 12.2 Å². The van der Waals surface area contributed by atoms with Gasteiger partial charge in [0.05, 0.1) is 0 Å². The highest BCUT2D eigenvalue weighted by Crippen LogP contribution is 2.51. The number of benzene rings is 4. The zero-order valence-corrected chi connectivity index (χ0v) is 16.5. The standard InChI is InChI=1S/C23H18.H3PS/c1-23(2)20-10-6-5-9-18(20)22-19-14-16-8-4-3-7-15(16)13-17(19)11-12-21(22)23;1-2/h3-14H,1-2H3;2H,1H2. The third kappa shape index (κ3) is 2.41. The first-order chi connectivity index (χ1) is 12.2. The van der Waals surface area contributed by atoms with Crippen molar-refractivity contribution >= 4 is 42.2 Å². The van der Waals surface area contributed by atoms with E-state index in [4.69, 9.17) is 0 Å². The topological polar surface area (TPSA) is 0 Å². The summed E-state index contributed by atoms with van der Waals surface area (Å²) in [6, 6.07) is 26.8. The summed E-state index contributed by atoms with van der Waals surface area (Å²) in [6.45, 7) is 4.68. The van der Waals surface area contributed by atoms with Gasteiger partial charge in [-0.15, -0.1) is 0 Å². The highest BCUT2D eigenvalue weighted by molar-refractivity contribution is 8.31. The second-order valence-electron chi connectivity index (χ2n) is 7.08. The highest BCUT2D eigenvalue weighted by atomic mass is 32.7. The molecule has 0 amide bonds. The molecule has 1 aliphatic rings. The average molecular weight is 360 g/mol. The lowest BCUT2D eigenvalue weighted by molar-refractivity contribution is 0.661. The van der Waals surface area contributed by atoms with Crippen LogP contribution in [-0.2, 0) is 5.41 Å². The van der Waals surface area contributed by atoms with Gasteiger partial charge in [0.2, 0.25) is 0 Å². The summed E-state index contributed by atoms with van der Waals surface area (Å²) in [5.41, 5.74) is 5.78. The van der Waals surface area contributed by atoms with E-state index >= 15 is 0 Å². The third-order valence-corrected chi connectivity index (χ3v) is 5.43. The van der Waals surface area contributed by atoms with E-state index in [0.29, 0.717) is 0 Å². The maximum Gasteiger partial charge on any atom is 0.0159 e. The second-order valence-corrected chi connectivity index (χ2v) is 7.08. The largest absolute Gasteiger partial charge is 0.158 e. The van der Waals surface area contributed by atoms with E-state index in [1.165, 1.54) is 43.8 Å². The van der Waals surface area contributed by atoms with E-state index in [1.807, 2.05) is 0 Å². The van der Waals surface area contributed by atoms with Crippen molar-refractivity contribution in [2.45, 2.75) is 19.3 Å². The van der Waals surface area contributed by atoms with Crippen molar-refractivity contribution in [3.63, 3.8) is 0 Å². The van der Waals surface area contributed by atoms with Gasteiger partial charge in [0.1, 0.15) is 0 Å². The minimum absolute atomic E-state index is 0.0752. The molecular weight excluding hydrogens is 339 g/mol. The fourth-order valence-corrected chi connectivity index (χ4v) is 4.22. The fraction of sp³-hybridized carbons (Fsp3) is 0.130. The summed E-state index contributed by atoms with van der Waals surface area (Å²) >= 11 is 3.44. The first kappa shape index (κ1) is 16.6. The molecule has 0 aliphatic heterocycles. The summed E-state index contributed by atoms with van der Waals surface area (Å²) < 4.78 is 0. The van der Waals surface area contributed by atoms with E-state index in [2.05, 4.69) is 107 Å². The molecule has 0 saturated heterocycles. The zero-order chi connectivity index (χ0) is 17.6. The van der Waals surface area contributed by atoms with Crippen molar-refractivity contribution in [2.75, 3.05) is 0 Å². The van der Waals surface area contributed by atoms with Gasteiger partial charge in [-0.05, 0) is 55.9 Å². The third-order valence-electron chi connectivity index (χ3n) is 5.43. The van der Waals surface area contributed by atoms with Crippen LogP contribution in [-0.4, -0.2) is 0 Å². The Kier molecular flexibility index (Phi) is 4.10. The second kappa shape index (κ2) is 6.16. The minimum atomic E-state index is 0.0752. The van der Waals surface area contributed by atoms with Crippen molar-refractivity contribution in [3.8, 4) is 11.1 Å². The molecule has 0 radical (unpaired) electrons. The number of thiol groups is 1. The molecular formula is C23H21PS. The van der Waals surface area contributed by atoms with Crippen LogP contribution in [0.3, 0.4) is 0 Å². The molecule has 1 atom stereocenters. The molecule has 5 rings (SSSR count). The van der Waals surface area contributed by atoms with Crippen LogP contribution in [0.5, 0.6) is 0 Å². The van der Waals surface area contributed by atoms with Crippen LogP contribution in [0, 0.1) is 0 Å². The fourth-order valence-electron chi connectivity index (χ4n) is 4.22. The van der Waals surface area contributed by atoms with Crippen LogP contribution in [0.15, 0.2) is 72.8 Å². The predicted octanol–water partition coefficient (Wildman–Crippen LogP) is 7.01. The average Bonchev–Trinajstić information content (AvgIpc) is 2.90. The van der Waals surface area contributed by atoms with Gasteiger partial charge in [0.15, 0.2) is 0 Å². The van der Waals surface area contributed by atoms with Crippen LogP contribution in [0.2, 0.25) is 0 Å². The van der Waals surface area contributed by atoms with Gasteiger partial charge < -0.3 is 0 Å². The Labute approximate surface area is 156 Å². The first-order valence-electron chi connectivity index (χ1n) is 8.48. The molecule has 25 heavy (non-hydrogen) atoms. The van der Waals surface area contributed by atoms with Crippen LogP contribution in [0.25, 0.3) is 32.7 Å². The van der Waals surface area contributed by atoms with Crippen LogP contribution >= 0.6 is 20.7 Å². The van der Waals surface area contributed by atoms with Crippen molar-refractivity contribution in [3.05, 3.63) is 83.9 Å². The molecule has 0 heterocycles. The molecule has 2 heteroatoms. The van der Waals surface area contributed by atoms with Gasteiger partial charge in [-0.25, -0.2) is 0 Å². The maximum atomic E-state index is 3.44. The van der Waals surface area contributed by atoms with Gasteiger partial charge >= 0.3 is 0 Å². The zero-order valence-electron chi connectivity index (χ0n) is 14.5.